The fraction of sp³-hybridized carbons (Fsp3) is 0.294. The number of pyridine rings is 1. The van der Waals surface area contributed by atoms with E-state index in [0.717, 1.165) is 12.0 Å². The Morgan fingerprint density at radius 3 is 2.52 bits per heavy atom. The van der Waals surface area contributed by atoms with Gasteiger partial charge in [-0.2, -0.15) is 4.39 Å². The van der Waals surface area contributed by atoms with E-state index >= 15 is 0 Å². The van der Waals surface area contributed by atoms with Gasteiger partial charge in [-0.25, -0.2) is 4.98 Å². The van der Waals surface area contributed by atoms with Crippen LogP contribution in [0.25, 0.3) is 0 Å². The molecule has 0 saturated carbocycles. The number of hydrogen-bond acceptors (Lipinski definition) is 2. The number of amides is 1. The molecular formula is C17H19FN2O. The van der Waals surface area contributed by atoms with Gasteiger partial charge in [-0.1, -0.05) is 56.7 Å². The number of carbonyl (C=O) groups excluding carboxylic acids is 1. The molecule has 2 unspecified atom stereocenters. The third-order valence-electron chi connectivity index (χ3n) is 3.62. The Hall–Kier alpha value is -2.23. The van der Waals surface area contributed by atoms with Crippen molar-refractivity contribution in [1.82, 2.24) is 4.98 Å². The summed E-state index contributed by atoms with van der Waals surface area (Å²) in [5.41, 5.74) is 0.959. The lowest BCUT2D eigenvalue weighted by Gasteiger charge is -2.22. The molecule has 0 aliphatic rings. The number of halogens is 1. The van der Waals surface area contributed by atoms with Crippen LogP contribution in [-0.2, 0) is 4.79 Å². The molecule has 21 heavy (non-hydrogen) atoms. The van der Waals surface area contributed by atoms with Crippen LogP contribution in [0, 0.1) is 11.9 Å². The molecule has 110 valence electrons. The van der Waals surface area contributed by atoms with Crippen molar-refractivity contribution in [2.24, 2.45) is 5.92 Å². The van der Waals surface area contributed by atoms with Gasteiger partial charge in [-0.3, -0.25) is 4.79 Å². The third kappa shape index (κ3) is 3.88. The number of rotatable bonds is 5. The van der Waals surface area contributed by atoms with E-state index in [4.69, 9.17) is 0 Å². The van der Waals surface area contributed by atoms with E-state index in [1.807, 2.05) is 44.2 Å². The van der Waals surface area contributed by atoms with Crippen LogP contribution in [0.3, 0.4) is 0 Å². The fourth-order valence-electron chi connectivity index (χ4n) is 2.32. The molecule has 0 bridgehead atoms. The summed E-state index contributed by atoms with van der Waals surface area (Å²) in [6.45, 7) is 4.09. The molecule has 0 fully saturated rings. The molecule has 4 heteroatoms. The number of aromatic nitrogens is 1. The minimum absolute atomic E-state index is 0.159. The molecule has 3 nitrogen and oxygen atoms in total. The predicted molar refractivity (Wildman–Crippen MR) is 81.5 cm³/mol. The Kier molecular flexibility index (Phi) is 5.04. The summed E-state index contributed by atoms with van der Waals surface area (Å²) in [7, 11) is 0. The molecular weight excluding hydrogens is 267 g/mol. The number of benzene rings is 1. The standard InChI is InChI=1S/C17H19FN2O/c1-3-12(2)16(13-8-5-4-6-9-13)17(21)20-15-11-7-10-14(18)19-15/h4-12,16H,3H2,1-2H3,(H,19,20,21). The Morgan fingerprint density at radius 1 is 1.19 bits per heavy atom. The van der Waals surface area contributed by atoms with Crippen LogP contribution in [0.4, 0.5) is 10.2 Å². The van der Waals surface area contributed by atoms with E-state index in [1.165, 1.54) is 12.1 Å². The lowest BCUT2D eigenvalue weighted by atomic mass is 9.85. The number of nitrogens with zero attached hydrogens (tertiary/aromatic N) is 1. The second-order valence-corrected chi connectivity index (χ2v) is 5.11. The van der Waals surface area contributed by atoms with Gasteiger partial charge >= 0.3 is 0 Å². The minimum atomic E-state index is -0.604. The molecule has 2 rings (SSSR count). The SMILES string of the molecule is CCC(C)C(C(=O)Nc1cccc(F)n1)c1ccccc1. The molecule has 0 radical (unpaired) electrons. The van der Waals surface area contributed by atoms with Crippen molar-refractivity contribution in [3.63, 3.8) is 0 Å². The molecule has 0 aliphatic heterocycles. The van der Waals surface area contributed by atoms with Crippen molar-refractivity contribution in [2.75, 3.05) is 5.32 Å². The van der Waals surface area contributed by atoms with Gasteiger partial charge in [-0.05, 0) is 23.6 Å². The molecule has 1 N–H and O–H groups in total. The fourth-order valence-corrected chi connectivity index (χ4v) is 2.32. The topological polar surface area (TPSA) is 42.0 Å². The summed E-state index contributed by atoms with van der Waals surface area (Å²) in [5.74, 6) is -0.618. The number of carbonyl (C=O) groups is 1. The Bertz CT molecular complexity index is 601. The molecule has 1 aromatic carbocycles. The second-order valence-electron chi connectivity index (χ2n) is 5.11. The first kappa shape index (κ1) is 15.2. The van der Waals surface area contributed by atoms with Crippen LogP contribution in [0.1, 0.15) is 31.7 Å². The third-order valence-corrected chi connectivity index (χ3v) is 3.62. The first-order chi connectivity index (χ1) is 10.1. The van der Waals surface area contributed by atoms with E-state index in [1.54, 1.807) is 6.07 Å². The lowest BCUT2D eigenvalue weighted by Crippen LogP contribution is -2.26. The summed E-state index contributed by atoms with van der Waals surface area (Å²) in [5, 5.41) is 2.71. The monoisotopic (exact) mass is 286 g/mol. The van der Waals surface area contributed by atoms with E-state index in [-0.39, 0.29) is 23.6 Å². The number of nitrogens with one attached hydrogen (secondary N) is 1. The Morgan fingerprint density at radius 2 is 1.90 bits per heavy atom. The molecule has 2 atom stereocenters. The van der Waals surface area contributed by atoms with E-state index < -0.39 is 5.95 Å². The second kappa shape index (κ2) is 6.97. The first-order valence-electron chi connectivity index (χ1n) is 7.10. The van der Waals surface area contributed by atoms with Crippen molar-refractivity contribution in [1.29, 1.82) is 0 Å². The molecule has 0 spiro atoms. The van der Waals surface area contributed by atoms with E-state index in [0.29, 0.717) is 0 Å². The van der Waals surface area contributed by atoms with Gasteiger partial charge in [0.25, 0.3) is 0 Å². The highest BCUT2D eigenvalue weighted by atomic mass is 19.1. The van der Waals surface area contributed by atoms with Crippen LogP contribution in [-0.4, -0.2) is 10.9 Å². The molecule has 1 aromatic heterocycles. The highest BCUT2D eigenvalue weighted by Crippen LogP contribution is 2.28. The van der Waals surface area contributed by atoms with Gasteiger partial charge in [-0.15, -0.1) is 0 Å². The molecule has 1 amide bonds. The van der Waals surface area contributed by atoms with Crippen LogP contribution in [0.5, 0.6) is 0 Å². The maximum atomic E-state index is 13.1. The van der Waals surface area contributed by atoms with Crippen LogP contribution in [0.2, 0.25) is 0 Å². The quantitative estimate of drug-likeness (QED) is 0.844. The van der Waals surface area contributed by atoms with Gasteiger partial charge in [0.15, 0.2) is 0 Å². The van der Waals surface area contributed by atoms with E-state index in [9.17, 15) is 9.18 Å². The summed E-state index contributed by atoms with van der Waals surface area (Å²) in [6, 6.07) is 14.0. The van der Waals surface area contributed by atoms with Gasteiger partial charge in [0.1, 0.15) is 5.82 Å². The Balaban J connectivity index is 2.23. The molecule has 0 saturated heterocycles. The highest BCUT2D eigenvalue weighted by Gasteiger charge is 2.26. The van der Waals surface area contributed by atoms with Crippen molar-refractivity contribution in [2.45, 2.75) is 26.2 Å². The predicted octanol–water partition coefficient (Wildman–Crippen LogP) is 3.99. The molecule has 1 heterocycles. The highest BCUT2D eigenvalue weighted by molar-refractivity contribution is 5.95. The minimum Gasteiger partial charge on any atom is -0.310 e. The van der Waals surface area contributed by atoms with Crippen molar-refractivity contribution in [3.8, 4) is 0 Å². The number of hydrogen-bond donors (Lipinski definition) is 1. The summed E-state index contributed by atoms with van der Waals surface area (Å²) < 4.78 is 13.1. The maximum Gasteiger partial charge on any atom is 0.233 e. The smallest absolute Gasteiger partial charge is 0.233 e. The van der Waals surface area contributed by atoms with Crippen molar-refractivity contribution in [3.05, 3.63) is 60.0 Å². The summed E-state index contributed by atoms with van der Waals surface area (Å²) >= 11 is 0. The Labute approximate surface area is 124 Å². The van der Waals surface area contributed by atoms with Crippen LogP contribution in [0.15, 0.2) is 48.5 Å². The van der Waals surface area contributed by atoms with Gasteiger partial charge in [0.2, 0.25) is 11.9 Å². The van der Waals surface area contributed by atoms with Crippen LogP contribution >= 0.6 is 0 Å². The van der Waals surface area contributed by atoms with Crippen molar-refractivity contribution >= 4 is 11.7 Å². The van der Waals surface area contributed by atoms with E-state index in [2.05, 4.69) is 10.3 Å². The lowest BCUT2D eigenvalue weighted by molar-refractivity contribution is -0.118. The van der Waals surface area contributed by atoms with Gasteiger partial charge in [0.05, 0.1) is 5.92 Å². The largest absolute Gasteiger partial charge is 0.310 e. The van der Waals surface area contributed by atoms with Gasteiger partial charge in [0, 0.05) is 0 Å². The average molecular weight is 286 g/mol. The number of anilines is 1. The average Bonchev–Trinajstić information content (AvgIpc) is 2.48. The maximum absolute atomic E-state index is 13.1. The first-order valence-corrected chi connectivity index (χ1v) is 7.10. The molecule has 2 aromatic rings. The zero-order valence-electron chi connectivity index (χ0n) is 12.2. The van der Waals surface area contributed by atoms with Gasteiger partial charge < -0.3 is 5.32 Å². The van der Waals surface area contributed by atoms with Crippen molar-refractivity contribution < 1.29 is 9.18 Å². The normalized spacial score (nSPS) is 13.5. The zero-order chi connectivity index (χ0) is 15.2. The zero-order valence-corrected chi connectivity index (χ0v) is 12.2. The van der Waals surface area contributed by atoms with Crippen LogP contribution < -0.4 is 5.32 Å². The summed E-state index contributed by atoms with van der Waals surface area (Å²) in [6.07, 6.45) is 0.879. The molecule has 0 aliphatic carbocycles. The summed E-state index contributed by atoms with van der Waals surface area (Å²) in [4.78, 5) is 16.2.